The van der Waals surface area contributed by atoms with Crippen LogP contribution in [0.25, 0.3) is 11.1 Å². The molecule has 2 atom stereocenters. The number of amides is 1. The van der Waals surface area contributed by atoms with Crippen LogP contribution in [-0.2, 0) is 25.5 Å². The van der Waals surface area contributed by atoms with E-state index in [1.54, 1.807) is 13.8 Å². The van der Waals surface area contributed by atoms with Gasteiger partial charge in [-0.15, -0.1) is 0 Å². The Labute approximate surface area is 213 Å². The summed E-state index contributed by atoms with van der Waals surface area (Å²) in [6.45, 7) is 3.83. The molecule has 0 fully saturated rings. The Morgan fingerprint density at radius 3 is 2.16 bits per heavy atom. The van der Waals surface area contributed by atoms with Crippen LogP contribution < -0.4 is 5.32 Å². The number of carbonyl (C=O) groups excluding carboxylic acids is 2. The number of nitrogens with one attached hydrogen (secondary N) is 1. The van der Waals surface area contributed by atoms with Crippen LogP contribution >= 0.6 is 0 Å². The van der Waals surface area contributed by atoms with Gasteiger partial charge in [0.05, 0.1) is 18.9 Å². The summed E-state index contributed by atoms with van der Waals surface area (Å²) in [5.41, 5.74) is 3.24. The summed E-state index contributed by atoms with van der Waals surface area (Å²) in [6.07, 6.45) is 0.639. The van der Waals surface area contributed by atoms with E-state index in [2.05, 4.69) is 5.32 Å². The van der Waals surface area contributed by atoms with Crippen molar-refractivity contribution in [1.82, 2.24) is 5.32 Å². The molecule has 6 nitrogen and oxygen atoms in total. The first kappa shape index (κ1) is 27.1. The number of hydrogen-bond acceptors (Lipinski definition) is 4. The first-order chi connectivity index (χ1) is 14.4. The fraction of sp³-hybridized carbons (Fsp3) is 0.375. The quantitative estimate of drug-likeness (QED) is 0.308. The van der Waals surface area contributed by atoms with E-state index in [1.807, 2.05) is 54.6 Å². The predicted octanol–water partition coefficient (Wildman–Crippen LogP) is 3.45. The van der Waals surface area contributed by atoms with Gasteiger partial charge in [-0.2, -0.15) is 0 Å². The third-order valence-electron chi connectivity index (χ3n) is 4.80. The Hall–Kier alpha value is -1.89. The zero-order chi connectivity index (χ0) is 21.9. The maximum atomic E-state index is 12.2. The standard InChI is InChI=1S/C24H29NO5.Ca/c1-3-30-24(29)17(2)15-21(25-22(26)13-14-23(27)28)16-18-9-11-20(12-10-18)19-7-5-4-6-8-19;/h4-12,17,21H,3,13-16H2,1-2H3,(H,25,26)(H,27,28);/t17-,21+;/m1./s1/i13+1,14+1,22+1,23+1;. The molecule has 0 aliphatic heterocycles. The molecular formula is C24H29CaNO5. The van der Waals surface area contributed by atoms with Crippen LogP contribution in [0.1, 0.15) is 38.7 Å². The minimum absolute atomic E-state index is 0. The molecule has 0 heterocycles. The SMILES string of the molecule is CCOC(=O)[C@H](C)C[C@@H](Cc1ccc(-c2ccccc2)cc1)N[13C](=O)[13CH2][13CH2][13C](=O)O.[Ca]. The van der Waals surface area contributed by atoms with E-state index in [0.29, 0.717) is 19.4 Å². The molecule has 0 aliphatic rings. The van der Waals surface area contributed by atoms with Gasteiger partial charge in [0, 0.05) is 50.2 Å². The number of ether oxygens (including phenoxy) is 1. The Bertz CT molecular complexity index is 839. The molecule has 7 heteroatoms. The molecule has 0 saturated carbocycles. The molecule has 0 saturated heterocycles. The summed E-state index contributed by atoms with van der Waals surface area (Å²) in [6, 6.07) is 17.8. The number of rotatable bonds is 11. The minimum Gasteiger partial charge on any atom is -0.481 e. The average molecular weight is 456 g/mol. The summed E-state index contributed by atoms with van der Waals surface area (Å²) < 4.78 is 5.07. The van der Waals surface area contributed by atoms with Gasteiger partial charge in [-0.05, 0) is 36.5 Å². The van der Waals surface area contributed by atoms with E-state index in [1.165, 1.54) is 0 Å². The smallest absolute Gasteiger partial charge is 0.308 e. The topological polar surface area (TPSA) is 92.7 Å². The summed E-state index contributed by atoms with van der Waals surface area (Å²) in [5.74, 6) is -2.03. The van der Waals surface area contributed by atoms with Crippen molar-refractivity contribution in [3.05, 3.63) is 60.2 Å². The Morgan fingerprint density at radius 1 is 0.968 bits per heavy atom. The van der Waals surface area contributed by atoms with Crippen molar-refractivity contribution >= 4 is 55.6 Å². The number of carboxylic acids is 1. The zero-order valence-electron chi connectivity index (χ0n) is 18.2. The molecule has 2 aromatic rings. The number of benzene rings is 2. The first-order valence-corrected chi connectivity index (χ1v) is 10.2. The fourth-order valence-electron chi connectivity index (χ4n) is 3.27. The van der Waals surface area contributed by atoms with Crippen LogP contribution in [0, 0.1) is 5.92 Å². The summed E-state index contributed by atoms with van der Waals surface area (Å²) >= 11 is 0. The van der Waals surface area contributed by atoms with Crippen molar-refractivity contribution in [1.29, 1.82) is 0 Å². The number of esters is 1. The van der Waals surface area contributed by atoms with Gasteiger partial charge < -0.3 is 15.2 Å². The van der Waals surface area contributed by atoms with Gasteiger partial charge in [-0.1, -0.05) is 61.5 Å². The molecule has 162 valence electrons. The molecule has 2 radical (unpaired) electrons. The van der Waals surface area contributed by atoms with Gasteiger partial charge in [-0.25, -0.2) is 0 Å². The second-order valence-corrected chi connectivity index (χ2v) is 7.31. The molecule has 31 heavy (non-hydrogen) atoms. The molecule has 0 aromatic heterocycles. The van der Waals surface area contributed by atoms with Crippen molar-refractivity contribution in [2.24, 2.45) is 5.92 Å². The number of aliphatic carboxylic acids is 1. The minimum atomic E-state index is -1.02. The van der Waals surface area contributed by atoms with Gasteiger partial charge in [0.1, 0.15) is 0 Å². The Kier molecular flexibility index (Phi) is 12.5. The molecule has 2 N–H and O–H groups in total. The van der Waals surface area contributed by atoms with Gasteiger partial charge in [0.15, 0.2) is 0 Å². The Morgan fingerprint density at radius 2 is 1.58 bits per heavy atom. The number of carboxylic acid groups (broad SMARTS) is 1. The third kappa shape index (κ3) is 9.85. The Balaban J connectivity index is 0.00000480. The van der Waals surface area contributed by atoms with Crippen LogP contribution in [0.15, 0.2) is 54.6 Å². The van der Waals surface area contributed by atoms with Crippen LogP contribution in [0.2, 0.25) is 0 Å². The second-order valence-electron chi connectivity index (χ2n) is 7.31. The third-order valence-corrected chi connectivity index (χ3v) is 4.80. The monoisotopic (exact) mass is 455 g/mol. The van der Waals surface area contributed by atoms with Crippen molar-refractivity contribution < 1.29 is 24.2 Å². The molecule has 0 bridgehead atoms. The van der Waals surface area contributed by atoms with Crippen LogP contribution in [-0.4, -0.2) is 73.3 Å². The maximum Gasteiger partial charge on any atom is 0.308 e. The fourth-order valence-corrected chi connectivity index (χ4v) is 3.27. The summed E-state index contributed by atoms with van der Waals surface area (Å²) in [4.78, 5) is 34.9. The van der Waals surface area contributed by atoms with E-state index in [0.717, 1.165) is 16.7 Å². The second kappa shape index (κ2) is 14.2. The van der Waals surface area contributed by atoms with Crippen LogP contribution in [0.3, 0.4) is 0 Å². The molecule has 2 aromatic carbocycles. The van der Waals surface area contributed by atoms with E-state index >= 15 is 0 Å². The number of hydrogen-bond donors (Lipinski definition) is 2. The zero-order valence-corrected chi connectivity index (χ0v) is 20.4. The molecule has 0 unspecified atom stereocenters. The van der Waals surface area contributed by atoms with E-state index in [-0.39, 0.29) is 74.4 Å². The molecular weight excluding hydrogens is 426 g/mol. The molecule has 1 amide bonds. The normalized spacial score (nSPS) is 12.2. The van der Waals surface area contributed by atoms with Crippen molar-refractivity contribution in [3.8, 4) is 11.1 Å². The van der Waals surface area contributed by atoms with Crippen LogP contribution in [0.5, 0.6) is 0 Å². The van der Waals surface area contributed by atoms with Crippen LogP contribution in [0.4, 0.5) is 0 Å². The summed E-state index contributed by atoms with van der Waals surface area (Å²) in [5, 5.41) is 11.7. The van der Waals surface area contributed by atoms with E-state index in [9.17, 15) is 14.4 Å². The predicted molar refractivity (Wildman–Crippen MR) is 121 cm³/mol. The first-order valence-electron chi connectivity index (χ1n) is 10.2. The molecule has 0 spiro atoms. The van der Waals surface area contributed by atoms with Gasteiger partial charge in [0.2, 0.25) is 5.91 Å². The largest absolute Gasteiger partial charge is 0.481 e. The molecule has 0 aliphatic carbocycles. The maximum absolute atomic E-state index is 12.2. The van der Waals surface area contributed by atoms with E-state index in [4.69, 9.17) is 9.84 Å². The van der Waals surface area contributed by atoms with Crippen molar-refractivity contribution in [2.75, 3.05) is 6.61 Å². The van der Waals surface area contributed by atoms with E-state index < -0.39 is 5.97 Å². The van der Waals surface area contributed by atoms with Gasteiger partial charge in [0.25, 0.3) is 0 Å². The van der Waals surface area contributed by atoms with Gasteiger partial charge >= 0.3 is 11.9 Å². The number of carbonyl (C=O) groups is 3. The van der Waals surface area contributed by atoms with Gasteiger partial charge in [-0.3, -0.25) is 14.4 Å². The van der Waals surface area contributed by atoms with Crippen molar-refractivity contribution in [2.45, 2.75) is 45.6 Å². The van der Waals surface area contributed by atoms with Crippen molar-refractivity contribution in [3.63, 3.8) is 0 Å². The molecule has 2 rings (SSSR count). The summed E-state index contributed by atoms with van der Waals surface area (Å²) in [7, 11) is 0. The average Bonchev–Trinajstić information content (AvgIpc) is 2.73.